The molecule has 0 aromatic rings. The number of hydrogen-bond donors (Lipinski definition) is 0. The highest BCUT2D eigenvalue weighted by atomic mass is 14.4. The fourth-order valence-electron chi connectivity index (χ4n) is 2.49. The van der Waals surface area contributed by atoms with Crippen molar-refractivity contribution in [2.45, 2.75) is 45.4 Å². The van der Waals surface area contributed by atoms with E-state index in [1.54, 1.807) is 5.57 Å². The predicted octanol–water partition coefficient (Wildman–Crippen LogP) is 3.53. The van der Waals surface area contributed by atoms with Gasteiger partial charge in [0.15, 0.2) is 0 Å². The maximum absolute atomic E-state index is 2.51. The molecule has 0 nitrogen and oxygen atoms in total. The van der Waals surface area contributed by atoms with Crippen molar-refractivity contribution < 1.29 is 0 Å². The summed E-state index contributed by atoms with van der Waals surface area (Å²) in [5.74, 6) is 2.03. The molecule has 62 valence electrons. The van der Waals surface area contributed by atoms with Crippen LogP contribution in [0.25, 0.3) is 0 Å². The van der Waals surface area contributed by atoms with E-state index in [9.17, 15) is 0 Å². The second kappa shape index (κ2) is 3.00. The first-order valence-corrected chi connectivity index (χ1v) is 5.10. The zero-order valence-corrected chi connectivity index (χ0v) is 7.47. The maximum Gasteiger partial charge on any atom is -0.0188 e. The molecule has 2 atom stereocenters. The number of hydrogen-bond acceptors (Lipinski definition) is 0. The third kappa shape index (κ3) is 1.36. The molecule has 0 heterocycles. The van der Waals surface area contributed by atoms with Crippen LogP contribution in [0.15, 0.2) is 11.6 Å². The van der Waals surface area contributed by atoms with Gasteiger partial charge in [0.1, 0.15) is 0 Å². The van der Waals surface area contributed by atoms with Crippen LogP contribution in [0.4, 0.5) is 0 Å². The lowest BCUT2D eigenvalue weighted by Crippen LogP contribution is -1.97. The van der Waals surface area contributed by atoms with E-state index in [0.29, 0.717) is 0 Å². The third-order valence-corrected chi connectivity index (χ3v) is 3.22. The summed E-state index contributed by atoms with van der Waals surface area (Å²) in [6.45, 7) is 2.29. The van der Waals surface area contributed by atoms with Gasteiger partial charge in [-0.2, -0.15) is 0 Å². The molecule has 0 aromatic carbocycles. The number of fused-ring (bicyclic) bond motifs is 1. The summed E-state index contributed by atoms with van der Waals surface area (Å²) < 4.78 is 0. The van der Waals surface area contributed by atoms with Crippen LogP contribution in [0.1, 0.15) is 45.4 Å². The summed E-state index contributed by atoms with van der Waals surface area (Å²) in [6.07, 6.45) is 11.2. The summed E-state index contributed by atoms with van der Waals surface area (Å²) in [7, 11) is 0. The molecule has 2 bridgehead atoms. The first-order chi connectivity index (χ1) is 5.40. The molecular weight excluding hydrogens is 132 g/mol. The van der Waals surface area contributed by atoms with Gasteiger partial charge >= 0.3 is 0 Å². The van der Waals surface area contributed by atoms with Crippen molar-refractivity contribution in [3.8, 4) is 0 Å². The minimum Gasteiger partial charge on any atom is -0.0816 e. The first kappa shape index (κ1) is 7.39. The minimum atomic E-state index is 1.01. The molecule has 3 aliphatic carbocycles. The molecule has 0 aliphatic heterocycles. The van der Waals surface area contributed by atoms with Crippen LogP contribution in [0.3, 0.4) is 0 Å². The molecule has 0 N–H and O–H groups in total. The molecule has 11 heavy (non-hydrogen) atoms. The second-order valence-electron chi connectivity index (χ2n) is 4.13. The molecule has 3 rings (SSSR count). The molecule has 1 fully saturated rings. The van der Waals surface area contributed by atoms with Crippen LogP contribution < -0.4 is 0 Å². The van der Waals surface area contributed by atoms with E-state index in [2.05, 4.69) is 13.0 Å². The molecule has 0 aromatic heterocycles. The van der Waals surface area contributed by atoms with Gasteiger partial charge < -0.3 is 0 Å². The zero-order valence-electron chi connectivity index (χ0n) is 7.47. The van der Waals surface area contributed by atoms with Crippen molar-refractivity contribution in [1.82, 2.24) is 0 Å². The highest BCUT2D eigenvalue weighted by Gasteiger charge is 2.34. The molecule has 0 saturated heterocycles. The van der Waals surface area contributed by atoms with Gasteiger partial charge in [-0.25, -0.2) is 0 Å². The van der Waals surface area contributed by atoms with E-state index >= 15 is 0 Å². The Balaban J connectivity index is 1.68. The highest BCUT2D eigenvalue weighted by Crippen LogP contribution is 2.48. The summed E-state index contributed by atoms with van der Waals surface area (Å²) >= 11 is 0. The Morgan fingerprint density at radius 3 is 2.82 bits per heavy atom. The Hall–Kier alpha value is -0.260. The number of rotatable bonds is 4. The van der Waals surface area contributed by atoms with Gasteiger partial charge in [-0.3, -0.25) is 0 Å². The minimum absolute atomic E-state index is 1.01. The van der Waals surface area contributed by atoms with Gasteiger partial charge in [-0.1, -0.05) is 37.8 Å². The Morgan fingerprint density at radius 2 is 2.27 bits per heavy atom. The van der Waals surface area contributed by atoms with E-state index in [0.717, 1.165) is 11.8 Å². The normalized spacial score (nSPS) is 33.4. The van der Waals surface area contributed by atoms with E-state index in [-0.39, 0.29) is 0 Å². The van der Waals surface area contributed by atoms with Crippen LogP contribution in [0.2, 0.25) is 0 Å². The number of unbranched alkanes of at least 4 members (excludes halogenated alkanes) is 2. The number of allylic oxidation sites excluding steroid dienone is 2. The molecule has 1 saturated carbocycles. The maximum atomic E-state index is 2.51. The molecule has 3 aliphatic rings. The van der Waals surface area contributed by atoms with Gasteiger partial charge in [0.05, 0.1) is 0 Å². The molecule has 0 heteroatoms. The molecular formula is C11H18. The quantitative estimate of drug-likeness (QED) is 0.425. The van der Waals surface area contributed by atoms with Crippen LogP contribution in [-0.4, -0.2) is 0 Å². The smallest absolute Gasteiger partial charge is 0.0188 e. The van der Waals surface area contributed by atoms with Gasteiger partial charge in [-0.05, 0) is 31.1 Å². The molecule has 0 spiro atoms. The highest BCUT2D eigenvalue weighted by molar-refractivity contribution is 5.26. The average molecular weight is 150 g/mol. The lowest BCUT2D eigenvalue weighted by Gasteiger charge is -2.12. The predicted molar refractivity (Wildman–Crippen MR) is 48.4 cm³/mol. The lowest BCUT2D eigenvalue weighted by molar-refractivity contribution is 0.525. The summed E-state index contributed by atoms with van der Waals surface area (Å²) in [6, 6.07) is 0. The Kier molecular flexibility index (Phi) is 2.02. The Bertz CT molecular complexity index is 167. The standard InChI is InChI=1S/C11H18/c1-2-3-4-5-10-6-9-7-11(10)8-9/h7,9-10H,2-6,8H2,1H3. The van der Waals surface area contributed by atoms with E-state index in [4.69, 9.17) is 0 Å². The van der Waals surface area contributed by atoms with Gasteiger partial charge in [0.2, 0.25) is 0 Å². The van der Waals surface area contributed by atoms with E-state index in [1.807, 2.05) is 0 Å². The average Bonchev–Trinajstić information content (AvgIpc) is 2.44. The second-order valence-corrected chi connectivity index (χ2v) is 4.13. The zero-order chi connectivity index (χ0) is 7.68. The van der Waals surface area contributed by atoms with Crippen molar-refractivity contribution in [1.29, 1.82) is 0 Å². The van der Waals surface area contributed by atoms with Gasteiger partial charge in [0.25, 0.3) is 0 Å². The van der Waals surface area contributed by atoms with Gasteiger partial charge in [0, 0.05) is 0 Å². The largest absolute Gasteiger partial charge is 0.0816 e. The summed E-state index contributed by atoms with van der Waals surface area (Å²) in [5, 5.41) is 0. The van der Waals surface area contributed by atoms with Crippen LogP contribution in [0, 0.1) is 11.8 Å². The van der Waals surface area contributed by atoms with E-state index in [1.165, 1.54) is 38.5 Å². The van der Waals surface area contributed by atoms with Crippen LogP contribution in [0.5, 0.6) is 0 Å². The monoisotopic (exact) mass is 150 g/mol. The molecule has 0 radical (unpaired) electrons. The topological polar surface area (TPSA) is 0 Å². The Labute approximate surface area is 69.7 Å². The summed E-state index contributed by atoms with van der Waals surface area (Å²) in [4.78, 5) is 0. The van der Waals surface area contributed by atoms with Crippen LogP contribution >= 0.6 is 0 Å². The van der Waals surface area contributed by atoms with Crippen LogP contribution in [-0.2, 0) is 0 Å². The van der Waals surface area contributed by atoms with Crippen molar-refractivity contribution in [2.75, 3.05) is 0 Å². The van der Waals surface area contributed by atoms with Crippen molar-refractivity contribution in [2.24, 2.45) is 11.8 Å². The summed E-state index contributed by atoms with van der Waals surface area (Å²) in [5.41, 5.74) is 1.80. The third-order valence-electron chi connectivity index (χ3n) is 3.22. The molecule has 0 amide bonds. The Morgan fingerprint density at radius 1 is 1.45 bits per heavy atom. The van der Waals surface area contributed by atoms with Crippen molar-refractivity contribution in [3.63, 3.8) is 0 Å². The molecule has 2 unspecified atom stereocenters. The van der Waals surface area contributed by atoms with Crippen molar-refractivity contribution in [3.05, 3.63) is 11.6 Å². The fraction of sp³-hybridized carbons (Fsp3) is 0.818. The lowest BCUT2D eigenvalue weighted by atomic mass is 9.94. The van der Waals surface area contributed by atoms with Gasteiger partial charge in [-0.15, -0.1) is 0 Å². The van der Waals surface area contributed by atoms with E-state index < -0.39 is 0 Å². The SMILES string of the molecule is CCCCCC1CC2C=C1C2. The first-order valence-electron chi connectivity index (χ1n) is 5.10. The van der Waals surface area contributed by atoms with Crippen molar-refractivity contribution >= 4 is 0 Å². The fourth-order valence-corrected chi connectivity index (χ4v) is 2.49.